The molecule has 1 aromatic carbocycles. The minimum Gasteiger partial charge on any atom is -0.344 e. The van der Waals surface area contributed by atoms with Gasteiger partial charge in [0.15, 0.2) is 0 Å². The zero-order chi connectivity index (χ0) is 17.4. The van der Waals surface area contributed by atoms with E-state index in [0.29, 0.717) is 0 Å². The van der Waals surface area contributed by atoms with Crippen molar-refractivity contribution >= 4 is 17.5 Å². The molecular weight excluding hydrogens is 288 g/mol. The first-order valence-electron chi connectivity index (χ1n) is 8.58. The zero-order valence-electron chi connectivity index (χ0n) is 15.2. The molecule has 2 amide bonds. The Labute approximate surface area is 140 Å². The highest BCUT2D eigenvalue weighted by Gasteiger charge is 2.22. The lowest BCUT2D eigenvalue weighted by atomic mass is 10.0. The van der Waals surface area contributed by atoms with Gasteiger partial charge in [0.1, 0.15) is 6.54 Å². The molecule has 1 rings (SSSR count). The number of likely N-dealkylation sites (N-methyl/N-ethyl adjacent to an activating group) is 1. The summed E-state index contributed by atoms with van der Waals surface area (Å²) < 4.78 is 0. The summed E-state index contributed by atoms with van der Waals surface area (Å²) in [6.07, 6.45) is 3.71. The molecule has 0 bridgehead atoms. The molecule has 0 heterocycles. The van der Waals surface area contributed by atoms with Gasteiger partial charge in [0, 0.05) is 20.5 Å². The number of unbranched alkanes of at least 4 members (excludes halogenated alkanes) is 1. The van der Waals surface area contributed by atoms with Gasteiger partial charge in [0.05, 0.1) is 5.69 Å². The maximum Gasteiger partial charge on any atom is 0.242 e. The molecule has 0 atom stereocenters. The van der Waals surface area contributed by atoms with E-state index < -0.39 is 0 Å². The number of nitrogens with zero attached hydrogens (tertiary/aromatic N) is 2. The number of carbonyl (C=O) groups is 2. The monoisotopic (exact) mass is 318 g/mol. The maximum atomic E-state index is 12.5. The minimum atomic E-state index is -0.0853. The normalized spacial score (nSPS) is 10.5. The van der Waals surface area contributed by atoms with E-state index in [0.717, 1.165) is 49.0 Å². The fourth-order valence-electron chi connectivity index (χ4n) is 2.69. The van der Waals surface area contributed by atoms with Gasteiger partial charge in [-0.25, -0.2) is 0 Å². The molecule has 0 saturated heterocycles. The Bertz CT molecular complexity index is 518. The highest BCUT2D eigenvalue weighted by Crippen LogP contribution is 2.27. The Hall–Kier alpha value is -1.84. The van der Waals surface area contributed by atoms with E-state index in [1.54, 1.807) is 9.80 Å². The van der Waals surface area contributed by atoms with E-state index in [2.05, 4.69) is 20.8 Å². The zero-order valence-corrected chi connectivity index (χ0v) is 15.2. The van der Waals surface area contributed by atoms with Gasteiger partial charge in [-0.15, -0.1) is 0 Å². The van der Waals surface area contributed by atoms with Crippen molar-refractivity contribution in [1.29, 1.82) is 0 Å². The average Bonchev–Trinajstić information content (AvgIpc) is 2.56. The summed E-state index contributed by atoms with van der Waals surface area (Å²) in [7, 11) is 1.81. The molecule has 128 valence electrons. The van der Waals surface area contributed by atoms with Crippen molar-refractivity contribution in [1.82, 2.24) is 4.90 Å². The van der Waals surface area contributed by atoms with Crippen LogP contribution in [0, 0.1) is 0 Å². The van der Waals surface area contributed by atoms with Crippen LogP contribution >= 0.6 is 0 Å². The smallest absolute Gasteiger partial charge is 0.242 e. The lowest BCUT2D eigenvalue weighted by Crippen LogP contribution is -2.41. The van der Waals surface area contributed by atoms with Crippen molar-refractivity contribution in [3.63, 3.8) is 0 Å². The summed E-state index contributed by atoms with van der Waals surface area (Å²) in [6.45, 7) is 8.63. The van der Waals surface area contributed by atoms with Crippen LogP contribution in [-0.2, 0) is 22.4 Å². The number of hydrogen-bond acceptors (Lipinski definition) is 2. The largest absolute Gasteiger partial charge is 0.344 e. The summed E-state index contributed by atoms with van der Waals surface area (Å²) >= 11 is 0. The van der Waals surface area contributed by atoms with Gasteiger partial charge in [-0.05, 0) is 30.4 Å². The second-order valence-corrected chi connectivity index (χ2v) is 5.91. The molecule has 0 N–H and O–H groups in total. The van der Waals surface area contributed by atoms with Gasteiger partial charge in [0.25, 0.3) is 0 Å². The second kappa shape index (κ2) is 9.33. The molecule has 0 radical (unpaired) electrons. The number of hydrogen-bond donors (Lipinski definition) is 0. The van der Waals surface area contributed by atoms with E-state index >= 15 is 0 Å². The van der Waals surface area contributed by atoms with Crippen LogP contribution in [0.5, 0.6) is 0 Å². The second-order valence-electron chi connectivity index (χ2n) is 5.91. The first-order valence-corrected chi connectivity index (χ1v) is 8.58. The van der Waals surface area contributed by atoms with Crippen LogP contribution in [0.15, 0.2) is 18.2 Å². The van der Waals surface area contributed by atoms with E-state index in [4.69, 9.17) is 0 Å². The van der Waals surface area contributed by atoms with Crippen molar-refractivity contribution in [2.75, 3.05) is 25.0 Å². The molecule has 0 aliphatic carbocycles. The average molecular weight is 318 g/mol. The topological polar surface area (TPSA) is 40.6 Å². The predicted octanol–water partition coefficient (Wildman–Crippen LogP) is 3.42. The summed E-state index contributed by atoms with van der Waals surface area (Å²) in [4.78, 5) is 28.0. The molecule has 1 aromatic rings. The molecule has 4 heteroatoms. The van der Waals surface area contributed by atoms with Gasteiger partial charge >= 0.3 is 0 Å². The molecule has 0 aliphatic heterocycles. The molecule has 4 nitrogen and oxygen atoms in total. The Morgan fingerprint density at radius 2 is 1.61 bits per heavy atom. The highest BCUT2D eigenvalue weighted by atomic mass is 16.2. The lowest BCUT2D eigenvalue weighted by Gasteiger charge is -2.28. The number of rotatable bonds is 8. The Morgan fingerprint density at radius 1 is 1.04 bits per heavy atom. The number of aryl methyl sites for hydroxylation is 2. The first kappa shape index (κ1) is 19.2. The quantitative estimate of drug-likeness (QED) is 0.737. The van der Waals surface area contributed by atoms with Crippen LogP contribution in [-0.4, -0.2) is 36.9 Å². The lowest BCUT2D eigenvalue weighted by molar-refractivity contribution is -0.130. The summed E-state index contributed by atoms with van der Waals surface area (Å²) in [5.74, 6) is -0.0977. The number of carbonyl (C=O) groups excluding carboxylic acids is 2. The van der Waals surface area contributed by atoms with E-state index in [-0.39, 0.29) is 18.4 Å². The molecule has 0 aromatic heterocycles. The molecule has 0 aliphatic rings. The van der Waals surface area contributed by atoms with Crippen LogP contribution in [0.4, 0.5) is 5.69 Å². The van der Waals surface area contributed by atoms with Crippen LogP contribution in [0.3, 0.4) is 0 Å². The van der Waals surface area contributed by atoms with Crippen LogP contribution in [0.1, 0.15) is 51.7 Å². The Morgan fingerprint density at radius 3 is 2.04 bits per heavy atom. The SMILES string of the molecule is CCCCN(C)C(=O)CN(C(C)=O)c1c(CC)cccc1CC. The van der Waals surface area contributed by atoms with Crippen molar-refractivity contribution in [3.8, 4) is 0 Å². The predicted molar refractivity (Wildman–Crippen MR) is 95.8 cm³/mol. The molecule has 0 saturated carbocycles. The van der Waals surface area contributed by atoms with E-state index in [1.807, 2.05) is 25.2 Å². The van der Waals surface area contributed by atoms with Gasteiger partial charge in [-0.2, -0.15) is 0 Å². The molecular formula is C19H30N2O2. The van der Waals surface area contributed by atoms with Crippen molar-refractivity contribution < 1.29 is 9.59 Å². The molecule has 0 unspecified atom stereocenters. The van der Waals surface area contributed by atoms with Crippen LogP contribution < -0.4 is 4.90 Å². The fraction of sp³-hybridized carbons (Fsp3) is 0.579. The van der Waals surface area contributed by atoms with Gasteiger partial charge < -0.3 is 9.80 Å². The third-order valence-corrected chi connectivity index (χ3v) is 4.18. The number of benzene rings is 1. The van der Waals surface area contributed by atoms with Crippen LogP contribution in [0.2, 0.25) is 0 Å². The summed E-state index contributed by atoms with van der Waals surface area (Å²) in [5, 5.41) is 0. The number of para-hydroxylation sites is 1. The fourth-order valence-corrected chi connectivity index (χ4v) is 2.69. The third-order valence-electron chi connectivity index (χ3n) is 4.18. The maximum absolute atomic E-state index is 12.5. The van der Waals surface area contributed by atoms with Crippen molar-refractivity contribution in [2.24, 2.45) is 0 Å². The summed E-state index contributed by atoms with van der Waals surface area (Å²) in [6, 6.07) is 6.10. The van der Waals surface area contributed by atoms with Crippen LogP contribution in [0.25, 0.3) is 0 Å². The molecule has 23 heavy (non-hydrogen) atoms. The molecule has 0 spiro atoms. The van der Waals surface area contributed by atoms with Crippen molar-refractivity contribution in [2.45, 2.75) is 53.4 Å². The highest BCUT2D eigenvalue weighted by molar-refractivity contribution is 5.98. The van der Waals surface area contributed by atoms with E-state index in [9.17, 15) is 9.59 Å². The van der Waals surface area contributed by atoms with Gasteiger partial charge in [-0.3, -0.25) is 9.59 Å². The van der Waals surface area contributed by atoms with Crippen molar-refractivity contribution in [3.05, 3.63) is 29.3 Å². The summed E-state index contributed by atoms with van der Waals surface area (Å²) in [5.41, 5.74) is 3.15. The van der Waals surface area contributed by atoms with Gasteiger partial charge in [-0.1, -0.05) is 45.4 Å². The Balaban J connectivity index is 3.09. The van der Waals surface area contributed by atoms with E-state index in [1.165, 1.54) is 6.92 Å². The standard InChI is InChI=1S/C19H30N2O2/c1-6-9-13-20(5)18(23)14-21(15(4)22)19-16(7-2)11-10-12-17(19)8-3/h10-12H,6-9,13-14H2,1-5H3. The third kappa shape index (κ3) is 5.08. The Kier molecular flexibility index (Phi) is 7.79. The number of anilines is 1. The van der Waals surface area contributed by atoms with Gasteiger partial charge in [0.2, 0.25) is 11.8 Å². The minimum absolute atomic E-state index is 0.0124. The number of amides is 2. The molecule has 0 fully saturated rings. The first-order chi connectivity index (χ1) is 11.0.